The van der Waals surface area contributed by atoms with E-state index in [1.165, 1.54) is 18.2 Å². The van der Waals surface area contributed by atoms with Crippen LogP contribution in [-0.4, -0.2) is 23.5 Å². The third-order valence-electron chi connectivity index (χ3n) is 2.64. The lowest BCUT2D eigenvalue weighted by Gasteiger charge is -2.11. The SMILES string of the molecule is O=C(Nc1cc([N+](=O)[O-])ccc1Cl)[C@@H]1CCCO1. The van der Waals surface area contributed by atoms with Crippen molar-refractivity contribution in [1.82, 2.24) is 0 Å². The maximum atomic E-state index is 11.8. The highest BCUT2D eigenvalue weighted by atomic mass is 35.5. The minimum Gasteiger partial charge on any atom is -0.368 e. The van der Waals surface area contributed by atoms with Crippen molar-refractivity contribution >= 4 is 28.9 Å². The largest absolute Gasteiger partial charge is 0.368 e. The van der Waals surface area contributed by atoms with E-state index in [0.29, 0.717) is 13.0 Å². The normalized spacial score (nSPS) is 18.6. The molecule has 18 heavy (non-hydrogen) atoms. The zero-order chi connectivity index (χ0) is 13.1. The summed E-state index contributed by atoms with van der Waals surface area (Å²) in [4.78, 5) is 21.9. The topological polar surface area (TPSA) is 81.5 Å². The molecule has 0 aromatic heterocycles. The average Bonchev–Trinajstić information content (AvgIpc) is 2.85. The summed E-state index contributed by atoms with van der Waals surface area (Å²) in [5, 5.41) is 13.4. The fourth-order valence-electron chi connectivity index (χ4n) is 1.72. The first-order chi connectivity index (χ1) is 8.58. The van der Waals surface area contributed by atoms with Crippen LogP contribution in [0.15, 0.2) is 18.2 Å². The lowest BCUT2D eigenvalue weighted by atomic mass is 10.2. The Morgan fingerprint density at radius 2 is 2.33 bits per heavy atom. The Bertz CT molecular complexity index is 486. The number of hydrogen-bond donors (Lipinski definition) is 1. The highest BCUT2D eigenvalue weighted by molar-refractivity contribution is 6.33. The number of nitro benzene ring substituents is 1. The number of non-ortho nitro benzene ring substituents is 1. The van der Waals surface area contributed by atoms with E-state index >= 15 is 0 Å². The summed E-state index contributed by atoms with van der Waals surface area (Å²) < 4.78 is 5.22. The third-order valence-corrected chi connectivity index (χ3v) is 2.97. The number of nitrogens with zero attached hydrogens (tertiary/aromatic N) is 1. The fraction of sp³-hybridized carbons (Fsp3) is 0.364. The van der Waals surface area contributed by atoms with Gasteiger partial charge in [0.1, 0.15) is 6.10 Å². The summed E-state index contributed by atoms with van der Waals surface area (Å²) in [6, 6.07) is 3.89. The predicted octanol–water partition coefficient (Wildman–Crippen LogP) is 2.37. The summed E-state index contributed by atoms with van der Waals surface area (Å²) in [7, 11) is 0. The van der Waals surface area contributed by atoms with Crippen LogP contribution in [0.3, 0.4) is 0 Å². The average molecular weight is 271 g/mol. The van der Waals surface area contributed by atoms with Gasteiger partial charge in [-0.2, -0.15) is 0 Å². The smallest absolute Gasteiger partial charge is 0.271 e. The van der Waals surface area contributed by atoms with Crippen molar-refractivity contribution in [3.63, 3.8) is 0 Å². The second kappa shape index (κ2) is 5.32. The maximum Gasteiger partial charge on any atom is 0.271 e. The van der Waals surface area contributed by atoms with Gasteiger partial charge >= 0.3 is 0 Å². The number of rotatable bonds is 3. The molecule has 0 aliphatic carbocycles. The Balaban J connectivity index is 2.14. The summed E-state index contributed by atoms with van der Waals surface area (Å²) in [5.41, 5.74) is 0.105. The number of hydrogen-bond acceptors (Lipinski definition) is 4. The van der Waals surface area contributed by atoms with Gasteiger partial charge in [-0.3, -0.25) is 14.9 Å². The Hall–Kier alpha value is -1.66. The number of amides is 1. The van der Waals surface area contributed by atoms with Crippen LogP contribution >= 0.6 is 11.6 Å². The molecule has 1 heterocycles. The first-order valence-electron chi connectivity index (χ1n) is 5.44. The lowest BCUT2D eigenvalue weighted by molar-refractivity contribution is -0.384. The maximum absolute atomic E-state index is 11.8. The molecule has 2 rings (SSSR count). The van der Waals surface area contributed by atoms with Crippen LogP contribution < -0.4 is 5.32 Å². The van der Waals surface area contributed by atoms with Gasteiger partial charge in [-0.1, -0.05) is 11.6 Å². The second-order valence-electron chi connectivity index (χ2n) is 3.91. The zero-order valence-electron chi connectivity index (χ0n) is 9.39. The second-order valence-corrected chi connectivity index (χ2v) is 4.32. The number of nitro groups is 1. The van der Waals surface area contributed by atoms with Crippen molar-refractivity contribution in [2.24, 2.45) is 0 Å². The molecule has 1 fully saturated rings. The molecule has 6 nitrogen and oxygen atoms in total. The summed E-state index contributed by atoms with van der Waals surface area (Å²) in [6.07, 6.45) is 0.986. The van der Waals surface area contributed by atoms with E-state index < -0.39 is 11.0 Å². The van der Waals surface area contributed by atoms with Crippen LogP contribution in [0.4, 0.5) is 11.4 Å². The summed E-state index contributed by atoms with van der Waals surface area (Å²) >= 11 is 5.87. The molecule has 1 aromatic rings. The molecule has 1 aliphatic heterocycles. The molecule has 96 valence electrons. The molecule has 1 N–H and O–H groups in total. The van der Waals surface area contributed by atoms with E-state index in [0.717, 1.165) is 6.42 Å². The highest BCUT2D eigenvalue weighted by Gasteiger charge is 2.24. The summed E-state index contributed by atoms with van der Waals surface area (Å²) in [6.45, 7) is 0.556. The third kappa shape index (κ3) is 2.77. The lowest BCUT2D eigenvalue weighted by Crippen LogP contribution is -2.27. The Kier molecular flexibility index (Phi) is 3.78. The Morgan fingerprint density at radius 1 is 1.56 bits per heavy atom. The quantitative estimate of drug-likeness (QED) is 0.675. The number of carbonyl (C=O) groups excluding carboxylic acids is 1. The van der Waals surface area contributed by atoms with Crippen molar-refractivity contribution in [3.8, 4) is 0 Å². The van der Waals surface area contributed by atoms with Crippen LogP contribution in [0.1, 0.15) is 12.8 Å². The molecule has 1 aliphatic rings. The van der Waals surface area contributed by atoms with E-state index in [-0.39, 0.29) is 22.3 Å². The molecule has 0 spiro atoms. The number of halogens is 1. The van der Waals surface area contributed by atoms with Crippen molar-refractivity contribution in [3.05, 3.63) is 33.3 Å². The minimum absolute atomic E-state index is 0.123. The highest BCUT2D eigenvalue weighted by Crippen LogP contribution is 2.27. The van der Waals surface area contributed by atoms with Gasteiger partial charge in [-0.25, -0.2) is 0 Å². The molecule has 7 heteroatoms. The summed E-state index contributed by atoms with van der Waals surface area (Å²) in [5.74, 6) is -0.324. The molecule has 0 radical (unpaired) electrons. The van der Waals surface area contributed by atoms with E-state index in [9.17, 15) is 14.9 Å². The molecular formula is C11H11ClN2O4. The number of anilines is 1. The molecule has 1 atom stereocenters. The van der Waals surface area contributed by atoms with Gasteiger partial charge in [-0.05, 0) is 18.9 Å². The van der Waals surface area contributed by atoms with E-state index in [2.05, 4.69) is 5.32 Å². The monoisotopic (exact) mass is 270 g/mol. The van der Waals surface area contributed by atoms with Gasteiger partial charge in [0.2, 0.25) is 0 Å². The van der Waals surface area contributed by atoms with E-state index in [4.69, 9.17) is 16.3 Å². The molecule has 1 aromatic carbocycles. The molecule has 0 unspecified atom stereocenters. The van der Waals surface area contributed by atoms with Crippen molar-refractivity contribution in [2.75, 3.05) is 11.9 Å². The van der Waals surface area contributed by atoms with Gasteiger partial charge in [0.15, 0.2) is 0 Å². The first kappa shape index (κ1) is 12.8. The minimum atomic E-state index is -0.544. The van der Waals surface area contributed by atoms with Crippen LogP contribution in [-0.2, 0) is 9.53 Å². The van der Waals surface area contributed by atoms with Gasteiger partial charge in [-0.15, -0.1) is 0 Å². The van der Waals surface area contributed by atoms with Crippen molar-refractivity contribution in [1.29, 1.82) is 0 Å². The molecule has 0 bridgehead atoms. The fourth-order valence-corrected chi connectivity index (χ4v) is 1.89. The molecule has 1 amide bonds. The molecule has 0 saturated carbocycles. The van der Waals surface area contributed by atoms with Gasteiger partial charge in [0.05, 0.1) is 15.6 Å². The van der Waals surface area contributed by atoms with Gasteiger partial charge in [0.25, 0.3) is 11.6 Å². The number of ether oxygens (including phenoxy) is 1. The predicted molar refractivity (Wildman–Crippen MR) is 65.7 cm³/mol. The Morgan fingerprint density at radius 3 is 2.94 bits per heavy atom. The molecule has 1 saturated heterocycles. The zero-order valence-corrected chi connectivity index (χ0v) is 10.1. The van der Waals surface area contributed by atoms with Gasteiger partial charge in [0, 0.05) is 18.7 Å². The van der Waals surface area contributed by atoms with Crippen LogP contribution in [0.2, 0.25) is 5.02 Å². The Labute approximate surface area is 108 Å². The van der Waals surface area contributed by atoms with E-state index in [1.54, 1.807) is 0 Å². The van der Waals surface area contributed by atoms with Gasteiger partial charge < -0.3 is 10.1 Å². The van der Waals surface area contributed by atoms with E-state index in [1.807, 2.05) is 0 Å². The number of nitrogens with one attached hydrogen (secondary N) is 1. The van der Waals surface area contributed by atoms with Crippen molar-refractivity contribution < 1.29 is 14.5 Å². The van der Waals surface area contributed by atoms with Crippen LogP contribution in [0.25, 0.3) is 0 Å². The van der Waals surface area contributed by atoms with Crippen LogP contribution in [0, 0.1) is 10.1 Å². The van der Waals surface area contributed by atoms with Crippen LogP contribution in [0.5, 0.6) is 0 Å². The first-order valence-corrected chi connectivity index (χ1v) is 5.82. The molecular weight excluding hydrogens is 260 g/mol. The number of benzene rings is 1. The van der Waals surface area contributed by atoms with Crippen molar-refractivity contribution in [2.45, 2.75) is 18.9 Å². The standard InChI is InChI=1S/C11H11ClN2O4/c12-8-4-3-7(14(16)17)6-9(8)13-11(15)10-2-1-5-18-10/h3-4,6,10H,1-2,5H2,(H,13,15)/t10-/m0/s1. The number of carbonyl (C=O) groups is 1.